The average Bonchev–Trinajstić information content (AvgIpc) is 2.62. The molecule has 1 atom stereocenters. The van der Waals surface area contributed by atoms with Gasteiger partial charge in [0, 0.05) is 25.1 Å². The number of alkyl halides is 2. The zero-order chi connectivity index (χ0) is 13.3. The normalized spacial score (nSPS) is 22.2. The SMILES string of the molecule is Cc1cc(F)c(Br)cc1NCC1CCC(F)(F)C1. The first-order valence-corrected chi connectivity index (χ1v) is 6.74. The highest BCUT2D eigenvalue weighted by Gasteiger charge is 2.39. The maximum absolute atomic E-state index is 13.2. The molecule has 0 bridgehead atoms. The first-order valence-electron chi connectivity index (χ1n) is 5.95. The number of anilines is 1. The molecule has 0 aliphatic heterocycles. The maximum atomic E-state index is 13.2. The number of hydrogen-bond acceptors (Lipinski definition) is 1. The predicted molar refractivity (Wildman–Crippen MR) is 69.6 cm³/mol. The third-order valence-corrected chi connectivity index (χ3v) is 3.96. The highest BCUT2D eigenvalue weighted by atomic mass is 79.9. The van der Waals surface area contributed by atoms with Gasteiger partial charge in [-0.3, -0.25) is 0 Å². The quantitative estimate of drug-likeness (QED) is 0.847. The molecule has 1 saturated carbocycles. The van der Waals surface area contributed by atoms with Crippen molar-refractivity contribution < 1.29 is 13.2 Å². The van der Waals surface area contributed by atoms with Crippen molar-refractivity contribution in [3.8, 4) is 0 Å². The Labute approximate surface area is 113 Å². The van der Waals surface area contributed by atoms with Crippen molar-refractivity contribution >= 4 is 21.6 Å². The van der Waals surface area contributed by atoms with Crippen LogP contribution in [0.4, 0.5) is 18.9 Å². The zero-order valence-electron chi connectivity index (χ0n) is 10.1. The van der Waals surface area contributed by atoms with Crippen LogP contribution >= 0.6 is 15.9 Å². The lowest BCUT2D eigenvalue weighted by atomic mass is 10.1. The van der Waals surface area contributed by atoms with Crippen molar-refractivity contribution in [3.63, 3.8) is 0 Å². The number of aryl methyl sites for hydroxylation is 1. The monoisotopic (exact) mass is 321 g/mol. The Balaban J connectivity index is 1.97. The van der Waals surface area contributed by atoms with Crippen molar-refractivity contribution in [1.29, 1.82) is 0 Å². The predicted octanol–water partition coefficient (Wildman–Crippen LogP) is 4.74. The molecule has 5 heteroatoms. The maximum Gasteiger partial charge on any atom is 0.248 e. The van der Waals surface area contributed by atoms with Gasteiger partial charge in [0.05, 0.1) is 4.47 Å². The topological polar surface area (TPSA) is 12.0 Å². The Bertz CT molecular complexity index is 448. The van der Waals surface area contributed by atoms with Crippen LogP contribution in [0.25, 0.3) is 0 Å². The largest absolute Gasteiger partial charge is 0.385 e. The number of hydrogen-bond donors (Lipinski definition) is 1. The molecule has 1 aliphatic carbocycles. The number of nitrogens with one attached hydrogen (secondary N) is 1. The minimum absolute atomic E-state index is 0.0109. The molecule has 1 fully saturated rings. The second-order valence-corrected chi connectivity index (χ2v) is 5.78. The van der Waals surface area contributed by atoms with Gasteiger partial charge in [-0.2, -0.15) is 0 Å². The first kappa shape index (κ1) is 13.7. The van der Waals surface area contributed by atoms with Gasteiger partial charge in [0.25, 0.3) is 0 Å². The lowest BCUT2D eigenvalue weighted by molar-refractivity contribution is 0.00556. The van der Waals surface area contributed by atoms with E-state index in [0.717, 1.165) is 11.3 Å². The fraction of sp³-hybridized carbons (Fsp3) is 0.538. The van der Waals surface area contributed by atoms with Gasteiger partial charge < -0.3 is 5.32 Å². The molecule has 0 saturated heterocycles. The van der Waals surface area contributed by atoms with Gasteiger partial charge >= 0.3 is 0 Å². The number of halogens is 4. The summed E-state index contributed by atoms with van der Waals surface area (Å²) >= 11 is 3.12. The van der Waals surface area contributed by atoms with Gasteiger partial charge in [0.15, 0.2) is 0 Å². The molecule has 1 N–H and O–H groups in total. The van der Waals surface area contributed by atoms with Crippen LogP contribution in [0.3, 0.4) is 0 Å². The summed E-state index contributed by atoms with van der Waals surface area (Å²) in [5.41, 5.74) is 1.57. The standard InChI is InChI=1S/C13H15BrF3N/c1-8-4-11(15)10(14)5-12(8)18-7-9-2-3-13(16,17)6-9/h4-5,9,18H,2-3,6-7H2,1H3. The average molecular weight is 322 g/mol. The Morgan fingerprint density at radius 3 is 2.78 bits per heavy atom. The summed E-state index contributed by atoms with van der Waals surface area (Å²) in [6.45, 7) is 2.30. The van der Waals surface area contributed by atoms with Crippen molar-refractivity contribution in [2.24, 2.45) is 5.92 Å². The summed E-state index contributed by atoms with van der Waals surface area (Å²) in [6, 6.07) is 3.08. The lowest BCUT2D eigenvalue weighted by Gasteiger charge is -2.15. The van der Waals surface area contributed by atoms with Crippen molar-refractivity contribution in [2.75, 3.05) is 11.9 Å². The molecule has 1 aliphatic rings. The van der Waals surface area contributed by atoms with E-state index in [1.54, 1.807) is 13.0 Å². The van der Waals surface area contributed by atoms with E-state index in [2.05, 4.69) is 21.2 Å². The zero-order valence-corrected chi connectivity index (χ0v) is 11.7. The fourth-order valence-electron chi connectivity index (χ4n) is 2.31. The van der Waals surface area contributed by atoms with E-state index in [0.29, 0.717) is 17.4 Å². The van der Waals surface area contributed by atoms with Gasteiger partial charge in [-0.1, -0.05) is 0 Å². The molecule has 100 valence electrons. The van der Waals surface area contributed by atoms with Crippen LogP contribution in [-0.2, 0) is 0 Å². The first-order chi connectivity index (χ1) is 8.37. The summed E-state index contributed by atoms with van der Waals surface area (Å²) in [5, 5.41) is 3.13. The summed E-state index contributed by atoms with van der Waals surface area (Å²) < 4.78 is 39.7. The summed E-state index contributed by atoms with van der Waals surface area (Å²) in [4.78, 5) is 0. The summed E-state index contributed by atoms with van der Waals surface area (Å²) in [5.74, 6) is -2.83. The second-order valence-electron chi connectivity index (χ2n) is 4.93. The highest BCUT2D eigenvalue weighted by Crippen LogP contribution is 2.39. The number of rotatable bonds is 3. The summed E-state index contributed by atoms with van der Waals surface area (Å²) in [6.07, 6.45) is 0.467. The highest BCUT2D eigenvalue weighted by molar-refractivity contribution is 9.10. The Kier molecular flexibility index (Phi) is 3.90. The van der Waals surface area contributed by atoms with Gasteiger partial charge in [-0.25, -0.2) is 13.2 Å². The molecule has 0 amide bonds. The molecule has 0 radical (unpaired) electrons. The molecule has 1 aromatic carbocycles. The fourth-order valence-corrected chi connectivity index (χ4v) is 2.65. The van der Waals surface area contributed by atoms with E-state index >= 15 is 0 Å². The smallest absolute Gasteiger partial charge is 0.248 e. The van der Waals surface area contributed by atoms with Gasteiger partial charge in [-0.05, 0) is 52.9 Å². The molecule has 0 heterocycles. The number of benzene rings is 1. The van der Waals surface area contributed by atoms with Crippen molar-refractivity contribution in [3.05, 3.63) is 28.0 Å². The molecule has 1 unspecified atom stereocenters. The van der Waals surface area contributed by atoms with Gasteiger partial charge in [0.2, 0.25) is 5.92 Å². The molecule has 2 rings (SSSR count). The molecular formula is C13H15BrF3N. The molecular weight excluding hydrogens is 307 g/mol. The Morgan fingerprint density at radius 2 is 2.17 bits per heavy atom. The van der Waals surface area contributed by atoms with Crippen LogP contribution < -0.4 is 5.32 Å². The van der Waals surface area contributed by atoms with E-state index < -0.39 is 5.92 Å². The molecule has 18 heavy (non-hydrogen) atoms. The van der Waals surface area contributed by atoms with Crippen LogP contribution in [0.15, 0.2) is 16.6 Å². The Hall–Kier alpha value is -0.710. The molecule has 0 spiro atoms. The van der Waals surface area contributed by atoms with Crippen LogP contribution in [0.2, 0.25) is 0 Å². The van der Waals surface area contributed by atoms with E-state index in [1.807, 2.05) is 0 Å². The van der Waals surface area contributed by atoms with Crippen molar-refractivity contribution in [2.45, 2.75) is 32.1 Å². The van der Waals surface area contributed by atoms with Crippen LogP contribution in [0.5, 0.6) is 0 Å². The third kappa shape index (κ3) is 3.19. The van der Waals surface area contributed by atoms with E-state index in [-0.39, 0.29) is 24.6 Å². The van der Waals surface area contributed by atoms with E-state index in [9.17, 15) is 13.2 Å². The van der Waals surface area contributed by atoms with Gasteiger partial charge in [0.1, 0.15) is 5.82 Å². The summed E-state index contributed by atoms with van der Waals surface area (Å²) in [7, 11) is 0. The second kappa shape index (κ2) is 5.11. The van der Waals surface area contributed by atoms with Crippen molar-refractivity contribution in [1.82, 2.24) is 0 Å². The molecule has 1 aromatic rings. The third-order valence-electron chi connectivity index (χ3n) is 3.35. The minimum Gasteiger partial charge on any atom is -0.385 e. The molecule has 0 aromatic heterocycles. The molecule has 1 nitrogen and oxygen atoms in total. The Morgan fingerprint density at radius 1 is 1.44 bits per heavy atom. The van der Waals surface area contributed by atoms with E-state index in [1.165, 1.54) is 6.07 Å². The van der Waals surface area contributed by atoms with Crippen LogP contribution in [0, 0.1) is 18.7 Å². The lowest BCUT2D eigenvalue weighted by Crippen LogP contribution is -2.15. The van der Waals surface area contributed by atoms with Crippen LogP contribution in [0.1, 0.15) is 24.8 Å². The minimum atomic E-state index is -2.51. The van der Waals surface area contributed by atoms with E-state index in [4.69, 9.17) is 0 Å². The van der Waals surface area contributed by atoms with Gasteiger partial charge in [-0.15, -0.1) is 0 Å². The van der Waals surface area contributed by atoms with Crippen LogP contribution in [-0.4, -0.2) is 12.5 Å².